The van der Waals surface area contributed by atoms with Crippen LogP contribution in [0, 0.1) is 6.92 Å². The summed E-state index contributed by atoms with van der Waals surface area (Å²) in [6.45, 7) is 15.6. The topological polar surface area (TPSA) is 60.0 Å². The molecule has 3 fully saturated rings. The molecule has 0 spiro atoms. The lowest BCUT2D eigenvalue weighted by molar-refractivity contribution is 0.0378. The quantitative estimate of drug-likeness (QED) is 0.535. The van der Waals surface area contributed by atoms with Crippen LogP contribution in [0.4, 0.5) is 11.5 Å². The smallest absolute Gasteiger partial charge is 0.161 e. The van der Waals surface area contributed by atoms with Crippen LogP contribution in [0.5, 0.6) is 0 Å². The van der Waals surface area contributed by atoms with Gasteiger partial charge in [0.1, 0.15) is 5.82 Å². The second-order valence-electron chi connectivity index (χ2n) is 10.5. The molecule has 196 valence electrons. The number of piperazine rings is 1. The van der Waals surface area contributed by atoms with Gasteiger partial charge in [0.2, 0.25) is 0 Å². The van der Waals surface area contributed by atoms with E-state index in [1.807, 2.05) is 0 Å². The molecular weight excluding hydrogens is 450 g/mol. The van der Waals surface area contributed by atoms with Crippen molar-refractivity contribution >= 4 is 11.5 Å². The summed E-state index contributed by atoms with van der Waals surface area (Å²) in [5, 5.41) is 3.70. The molecule has 36 heavy (non-hydrogen) atoms. The van der Waals surface area contributed by atoms with E-state index in [0.717, 1.165) is 101 Å². The molecule has 5 rings (SSSR count). The molecule has 0 radical (unpaired) electrons. The average Bonchev–Trinajstić information content (AvgIpc) is 3.43. The van der Waals surface area contributed by atoms with E-state index >= 15 is 0 Å². The van der Waals surface area contributed by atoms with Crippen molar-refractivity contribution in [2.24, 2.45) is 0 Å². The Bertz CT molecular complexity index is 963. The minimum atomic E-state index is 0.818. The molecule has 1 aromatic carbocycles. The van der Waals surface area contributed by atoms with Gasteiger partial charge in [-0.15, -0.1) is 0 Å². The number of likely N-dealkylation sites (tertiary alicyclic amines) is 1. The molecule has 3 aliphatic rings. The minimum absolute atomic E-state index is 0.818. The van der Waals surface area contributed by atoms with Crippen LogP contribution in [0.1, 0.15) is 30.5 Å². The van der Waals surface area contributed by atoms with E-state index in [2.05, 4.69) is 63.2 Å². The maximum absolute atomic E-state index is 5.49. The van der Waals surface area contributed by atoms with Crippen LogP contribution in [0.25, 0.3) is 11.4 Å². The summed E-state index contributed by atoms with van der Waals surface area (Å²) in [5.74, 6) is 1.83. The van der Waals surface area contributed by atoms with Gasteiger partial charge in [0.15, 0.2) is 5.82 Å². The number of rotatable bonds is 9. The molecule has 0 aliphatic carbocycles. The van der Waals surface area contributed by atoms with Crippen molar-refractivity contribution in [3.8, 4) is 11.4 Å². The number of aryl methyl sites for hydroxylation is 1. The van der Waals surface area contributed by atoms with Gasteiger partial charge in [0.25, 0.3) is 0 Å². The Kier molecular flexibility index (Phi) is 8.69. The van der Waals surface area contributed by atoms with E-state index in [9.17, 15) is 0 Å². The number of aromatic nitrogens is 2. The Morgan fingerprint density at radius 1 is 0.861 bits per heavy atom. The normalized spacial score (nSPS) is 20.2. The lowest BCUT2D eigenvalue weighted by Crippen LogP contribution is -2.44. The minimum Gasteiger partial charge on any atom is -0.379 e. The summed E-state index contributed by atoms with van der Waals surface area (Å²) in [4.78, 5) is 19.9. The molecule has 8 heteroatoms. The number of morpholine rings is 1. The number of anilines is 2. The van der Waals surface area contributed by atoms with E-state index in [-0.39, 0.29) is 0 Å². The van der Waals surface area contributed by atoms with Gasteiger partial charge in [0, 0.05) is 74.9 Å². The molecule has 3 aliphatic heterocycles. The highest BCUT2D eigenvalue weighted by molar-refractivity contribution is 5.63. The molecule has 2 aromatic rings. The second-order valence-corrected chi connectivity index (χ2v) is 10.5. The first-order valence-electron chi connectivity index (χ1n) is 13.8. The zero-order chi connectivity index (χ0) is 24.7. The van der Waals surface area contributed by atoms with Gasteiger partial charge < -0.3 is 19.9 Å². The molecule has 0 unspecified atom stereocenters. The first kappa shape index (κ1) is 25.4. The summed E-state index contributed by atoms with van der Waals surface area (Å²) < 4.78 is 5.49. The fraction of sp³-hybridized carbons (Fsp3) is 0.643. The Hall–Kier alpha value is -2.26. The van der Waals surface area contributed by atoms with Crippen molar-refractivity contribution < 1.29 is 4.74 Å². The van der Waals surface area contributed by atoms with Crippen molar-refractivity contribution in [3.05, 3.63) is 35.5 Å². The molecule has 0 saturated carbocycles. The van der Waals surface area contributed by atoms with Crippen LogP contribution in [0.15, 0.2) is 24.3 Å². The van der Waals surface area contributed by atoms with E-state index in [1.165, 1.54) is 37.2 Å². The molecule has 8 nitrogen and oxygen atoms in total. The van der Waals surface area contributed by atoms with Crippen LogP contribution in [-0.4, -0.2) is 110 Å². The van der Waals surface area contributed by atoms with Gasteiger partial charge in [-0.05, 0) is 77.1 Å². The van der Waals surface area contributed by atoms with E-state index < -0.39 is 0 Å². The number of nitrogens with zero attached hydrogens (tertiary/aromatic N) is 6. The maximum atomic E-state index is 5.49. The van der Waals surface area contributed by atoms with Gasteiger partial charge in [-0.1, -0.05) is 0 Å². The van der Waals surface area contributed by atoms with Gasteiger partial charge >= 0.3 is 0 Å². The molecule has 3 saturated heterocycles. The summed E-state index contributed by atoms with van der Waals surface area (Å²) in [6, 6.07) is 8.83. The first-order valence-corrected chi connectivity index (χ1v) is 13.8. The third kappa shape index (κ3) is 6.54. The summed E-state index contributed by atoms with van der Waals surface area (Å²) in [6.07, 6.45) is 3.68. The van der Waals surface area contributed by atoms with Crippen LogP contribution >= 0.6 is 0 Å². The summed E-state index contributed by atoms with van der Waals surface area (Å²) >= 11 is 0. The van der Waals surface area contributed by atoms with Gasteiger partial charge in [-0.2, -0.15) is 0 Å². The van der Waals surface area contributed by atoms with Gasteiger partial charge in [-0.3, -0.25) is 9.80 Å². The fourth-order valence-corrected chi connectivity index (χ4v) is 5.45. The van der Waals surface area contributed by atoms with Crippen LogP contribution in [0.2, 0.25) is 0 Å². The monoisotopic (exact) mass is 493 g/mol. The van der Waals surface area contributed by atoms with Crippen LogP contribution in [-0.2, 0) is 11.3 Å². The largest absolute Gasteiger partial charge is 0.379 e. The number of hydrogen-bond acceptors (Lipinski definition) is 8. The number of hydrogen-bond donors (Lipinski definition) is 1. The number of benzene rings is 1. The van der Waals surface area contributed by atoms with Crippen molar-refractivity contribution in [1.82, 2.24) is 24.7 Å². The van der Waals surface area contributed by atoms with Crippen LogP contribution < -0.4 is 10.2 Å². The molecular formula is C28H43N7O. The zero-order valence-electron chi connectivity index (χ0n) is 22.2. The van der Waals surface area contributed by atoms with Crippen LogP contribution in [0.3, 0.4) is 0 Å². The SMILES string of the molecule is Cc1nc(-c2ccc(N3CCN(C)CC3)cc2)nc(NCCCN2CCOCC2)c1CN1CCCC1. The van der Waals surface area contributed by atoms with Gasteiger partial charge in [-0.25, -0.2) is 9.97 Å². The zero-order valence-corrected chi connectivity index (χ0v) is 22.2. The van der Waals surface area contributed by atoms with E-state index in [1.54, 1.807) is 0 Å². The predicted octanol–water partition coefficient (Wildman–Crippen LogP) is 2.93. The average molecular weight is 494 g/mol. The highest BCUT2D eigenvalue weighted by Crippen LogP contribution is 2.27. The lowest BCUT2D eigenvalue weighted by Gasteiger charge is -2.34. The van der Waals surface area contributed by atoms with Crippen molar-refractivity contribution in [2.45, 2.75) is 32.7 Å². The van der Waals surface area contributed by atoms with Gasteiger partial charge in [0.05, 0.1) is 13.2 Å². The lowest BCUT2D eigenvalue weighted by atomic mass is 10.1. The molecule has 4 heterocycles. The maximum Gasteiger partial charge on any atom is 0.161 e. The Balaban J connectivity index is 1.29. The molecule has 0 bridgehead atoms. The third-order valence-electron chi connectivity index (χ3n) is 7.84. The van der Waals surface area contributed by atoms with E-state index in [4.69, 9.17) is 14.7 Å². The highest BCUT2D eigenvalue weighted by atomic mass is 16.5. The number of nitrogens with one attached hydrogen (secondary N) is 1. The highest BCUT2D eigenvalue weighted by Gasteiger charge is 2.19. The third-order valence-corrected chi connectivity index (χ3v) is 7.84. The Labute approximate surface area is 216 Å². The number of likely N-dealkylation sites (N-methyl/N-ethyl adjacent to an activating group) is 1. The molecule has 0 amide bonds. The summed E-state index contributed by atoms with van der Waals surface area (Å²) in [5.41, 5.74) is 4.71. The molecule has 0 atom stereocenters. The Morgan fingerprint density at radius 2 is 1.58 bits per heavy atom. The predicted molar refractivity (Wildman–Crippen MR) is 147 cm³/mol. The molecule has 1 aromatic heterocycles. The molecule has 1 N–H and O–H groups in total. The Morgan fingerprint density at radius 3 is 2.31 bits per heavy atom. The second kappa shape index (κ2) is 12.3. The fourth-order valence-electron chi connectivity index (χ4n) is 5.45. The number of ether oxygens (including phenoxy) is 1. The van der Waals surface area contributed by atoms with Crippen molar-refractivity contribution in [2.75, 3.05) is 95.9 Å². The van der Waals surface area contributed by atoms with Crippen molar-refractivity contribution in [1.29, 1.82) is 0 Å². The summed E-state index contributed by atoms with van der Waals surface area (Å²) in [7, 11) is 2.20. The standard InChI is InChI=1S/C28H43N7O/c1-23-26(22-34-11-3-4-12-34)28(29-10-5-13-33-18-20-36-21-19-33)31-27(30-23)24-6-8-25(9-7-24)35-16-14-32(2)15-17-35/h6-9H,3-5,10-22H2,1-2H3,(H,29,30,31). The van der Waals surface area contributed by atoms with E-state index in [0.29, 0.717) is 0 Å². The van der Waals surface area contributed by atoms with Crippen molar-refractivity contribution in [3.63, 3.8) is 0 Å². The first-order chi connectivity index (χ1) is 17.7.